The van der Waals surface area contributed by atoms with Crippen LogP contribution in [0, 0.1) is 0 Å². The van der Waals surface area contributed by atoms with Crippen LogP contribution in [-0.2, 0) is 19.5 Å². The number of fused-ring (bicyclic) bond motifs is 2. The smallest absolute Gasteiger partial charge is 0.251 e. The largest absolute Gasteiger partial charge is 0.366 e. The number of hydrogen-bond acceptors (Lipinski definition) is 7. The van der Waals surface area contributed by atoms with Crippen LogP contribution >= 0.6 is 0 Å². The third-order valence-corrected chi connectivity index (χ3v) is 5.53. The Morgan fingerprint density at radius 3 is 2.81 bits per heavy atom. The molecule has 8 heteroatoms. The number of primary amides is 1. The van der Waals surface area contributed by atoms with Crippen LogP contribution in [0.2, 0.25) is 0 Å². The molecule has 0 saturated heterocycles. The van der Waals surface area contributed by atoms with Gasteiger partial charge in [0, 0.05) is 31.6 Å². The lowest BCUT2D eigenvalue weighted by Gasteiger charge is -2.26. The number of likely N-dealkylation sites (N-methyl/N-ethyl adjacent to an activating group) is 1. The molecule has 2 aromatic carbocycles. The SMILES string of the molecule is CN1CCc2nc(-c3onc4c(C(N)=O)cccc34)nc(NCc3ccccc3)c2C1. The molecule has 3 N–H and O–H groups in total. The average Bonchev–Trinajstić information content (AvgIpc) is 3.22. The van der Waals surface area contributed by atoms with Gasteiger partial charge in [-0.25, -0.2) is 9.97 Å². The van der Waals surface area contributed by atoms with E-state index >= 15 is 0 Å². The van der Waals surface area contributed by atoms with Crippen molar-refractivity contribution in [1.29, 1.82) is 0 Å². The summed E-state index contributed by atoms with van der Waals surface area (Å²) in [6.07, 6.45) is 0.819. The Kier molecular flexibility index (Phi) is 4.83. The molecule has 3 heterocycles. The maximum atomic E-state index is 11.8. The fourth-order valence-electron chi connectivity index (χ4n) is 3.90. The number of nitrogens with zero attached hydrogens (tertiary/aromatic N) is 4. The van der Waals surface area contributed by atoms with E-state index in [0.717, 1.165) is 42.1 Å². The molecule has 0 radical (unpaired) electrons. The van der Waals surface area contributed by atoms with Crippen molar-refractivity contribution in [3.8, 4) is 11.6 Å². The first-order valence-corrected chi connectivity index (χ1v) is 10.1. The number of carbonyl (C=O) groups excluding carboxylic acids is 1. The average molecular weight is 414 g/mol. The van der Waals surface area contributed by atoms with Crippen molar-refractivity contribution in [2.45, 2.75) is 19.5 Å². The second-order valence-electron chi connectivity index (χ2n) is 7.73. The molecular weight excluding hydrogens is 392 g/mol. The summed E-state index contributed by atoms with van der Waals surface area (Å²) in [6.45, 7) is 2.34. The van der Waals surface area contributed by atoms with Crippen LogP contribution < -0.4 is 11.1 Å². The molecule has 0 aliphatic carbocycles. The molecule has 0 fully saturated rings. The second kappa shape index (κ2) is 7.81. The van der Waals surface area contributed by atoms with Crippen LogP contribution in [0.4, 0.5) is 5.82 Å². The van der Waals surface area contributed by atoms with E-state index in [1.54, 1.807) is 12.1 Å². The normalized spacial score (nSPS) is 13.8. The predicted molar refractivity (Wildman–Crippen MR) is 117 cm³/mol. The van der Waals surface area contributed by atoms with E-state index in [9.17, 15) is 4.79 Å². The minimum Gasteiger partial charge on any atom is -0.366 e. The van der Waals surface area contributed by atoms with Crippen molar-refractivity contribution >= 4 is 22.6 Å². The highest BCUT2D eigenvalue weighted by molar-refractivity contribution is 6.07. The monoisotopic (exact) mass is 414 g/mol. The second-order valence-corrected chi connectivity index (χ2v) is 7.73. The van der Waals surface area contributed by atoms with Crippen LogP contribution in [0.15, 0.2) is 53.1 Å². The Morgan fingerprint density at radius 1 is 1.16 bits per heavy atom. The number of aromatic nitrogens is 3. The summed E-state index contributed by atoms with van der Waals surface area (Å²) < 4.78 is 5.60. The maximum Gasteiger partial charge on any atom is 0.251 e. The van der Waals surface area contributed by atoms with E-state index in [2.05, 4.69) is 34.6 Å². The summed E-state index contributed by atoms with van der Waals surface area (Å²) in [7, 11) is 2.09. The molecule has 0 atom stereocenters. The molecule has 0 spiro atoms. The first-order valence-electron chi connectivity index (χ1n) is 10.1. The quantitative estimate of drug-likeness (QED) is 0.516. The standard InChI is InChI=1S/C23H22N6O2/c1-29-11-10-18-17(13-29)22(25-12-14-6-3-2-4-7-14)27-23(26-18)20-15-8-5-9-16(21(24)30)19(15)28-31-20/h2-9H,10-13H2,1H3,(H2,24,30)(H,25,26,27). The lowest BCUT2D eigenvalue weighted by atomic mass is 10.1. The first-order chi connectivity index (χ1) is 15.1. The Bertz CT molecular complexity index is 1270. The van der Waals surface area contributed by atoms with Crippen molar-refractivity contribution in [2.24, 2.45) is 5.73 Å². The number of anilines is 1. The molecule has 5 rings (SSSR count). The van der Waals surface area contributed by atoms with Crippen molar-refractivity contribution in [1.82, 2.24) is 20.0 Å². The lowest BCUT2D eigenvalue weighted by molar-refractivity contribution is 0.100. The molecule has 31 heavy (non-hydrogen) atoms. The summed E-state index contributed by atoms with van der Waals surface area (Å²) >= 11 is 0. The van der Waals surface area contributed by atoms with Crippen molar-refractivity contribution in [3.05, 3.63) is 70.9 Å². The van der Waals surface area contributed by atoms with Crippen LogP contribution in [-0.4, -0.2) is 39.5 Å². The van der Waals surface area contributed by atoms with Gasteiger partial charge in [-0.3, -0.25) is 4.79 Å². The minimum atomic E-state index is -0.551. The molecule has 2 aromatic heterocycles. The van der Waals surface area contributed by atoms with Gasteiger partial charge in [0.25, 0.3) is 5.91 Å². The van der Waals surface area contributed by atoms with Crippen LogP contribution in [0.5, 0.6) is 0 Å². The van der Waals surface area contributed by atoms with E-state index < -0.39 is 5.91 Å². The van der Waals surface area contributed by atoms with Gasteiger partial charge in [-0.2, -0.15) is 0 Å². The zero-order chi connectivity index (χ0) is 21.4. The highest BCUT2D eigenvalue weighted by Gasteiger charge is 2.24. The molecule has 1 aliphatic rings. The van der Waals surface area contributed by atoms with E-state index in [1.165, 1.54) is 0 Å². The van der Waals surface area contributed by atoms with Gasteiger partial charge in [-0.05, 0) is 24.7 Å². The summed E-state index contributed by atoms with van der Waals surface area (Å²) in [5, 5.41) is 8.22. The van der Waals surface area contributed by atoms with Gasteiger partial charge in [-0.15, -0.1) is 0 Å². The number of hydrogen-bond donors (Lipinski definition) is 2. The lowest BCUT2D eigenvalue weighted by Crippen LogP contribution is -2.29. The first kappa shape index (κ1) is 19.2. The number of amides is 1. The summed E-state index contributed by atoms with van der Waals surface area (Å²) in [5.74, 6) is 1.11. The highest BCUT2D eigenvalue weighted by Crippen LogP contribution is 2.32. The predicted octanol–water partition coefficient (Wildman–Crippen LogP) is 2.98. The maximum absolute atomic E-state index is 11.8. The van der Waals surface area contributed by atoms with Crippen LogP contribution in [0.3, 0.4) is 0 Å². The molecule has 4 aromatic rings. The topological polar surface area (TPSA) is 110 Å². The van der Waals surface area contributed by atoms with Gasteiger partial charge < -0.3 is 20.5 Å². The summed E-state index contributed by atoms with van der Waals surface area (Å²) in [4.78, 5) is 23.6. The highest BCUT2D eigenvalue weighted by atomic mass is 16.5. The number of carbonyl (C=O) groups is 1. The molecular formula is C23H22N6O2. The van der Waals surface area contributed by atoms with Gasteiger partial charge in [0.15, 0.2) is 0 Å². The van der Waals surface area contributed by atoms with Crippen molar-refractivity contribution in [3.63, 3.8) is 0 Å². The number of nitrogens with two attached hydrogens (primary N) is 1. The fraction of sp³-hybridized carbons (Fsp3) is 0.217. The molecule has 0 bridgehead atoms. The molecule has 8 nitrogen and oxygen atoms in total. The van der Waals surface area contributed by atoms with Crippen LogP contribution in [0.25, 0.3) is 22.5 Å². The zero-order valence-electron chi connectivity index (χ0n) is 17.1. The third-order valence-electron chi connectivity index (χ3n) is 5.53. The minimum absolute atomic E-state index is 0.314. The number of nitrogens with one attached hydrogen (secondary N) is 1. The Balaban J connectivity index is 1.59. The van der Waals surface area contributed by atoms with Gasteiger partial charge in [0.1, 0.15) is 11.3 Å². The van der Waals surface area contributed by atoms with Crippen molar-refractivity contribution in [2.75, 3.05) is 18.9 Å². The molecule has 0 saturated carbocycles. The number of benzene rings is 2. The number of rotatable bonds is 5. The Morgan fingerprint density at radius 2 is 2.00 bits per heavy atom. The Hall–Kier alpha value is -3.78. The molecule has 1 amide bonds. The third kappa shape index (κ3) is 3.62. The van der Waals surface area contributed by atoms with Gasteiger partial charge in [0.2, 0.25) is 11.6 Å². The van der Waals surface area contributed by atoms with E-state index in [0.29, 0.717) is 34.6 Å². The van der Waals surface area contributed by atoms with Gasteiger partial charge in [-0.1, -0.05) is 41.6 Å². The zero-order valence-corrected chi connectivity index (χ0v) is 17.1. The summed E-state index contributed by atoms with van der Waals surface area (Å²) in [5.41, 5.74) is 9.47. The van der Waals surface area contributed by atoms with E-state index in [1.807, 2.05) is 24.3 Å². The molecule has 1 aliphatic heterocycles. The van der Waals surface area contributed by atoms with Gasteiger partial charge in [0.05, 0.1) is 16.6 Å². The van der Waals surface area contributed by atoms with Gasteiger partial charge >= 0.3 is 0 Å². The Labute approximate surface area is 179 Å². The molecule has 156 valence electrons. The van der Waals surface area contributed by atoms with E-state index in [-0.39, 0.29) is 0 Å². The fourth-order valence-corrected chi connectivity index (χ4v) is 3.90. The summed E-state index contributed by atoms with van der Waals surface area (Å²) in [6, 6.07) is 15.4. The van der Waals surface area contributed by atoms with E-state index in [4.69, 9.17) is 20.2 Å². The van der Waals surface area contributed by atoms with Crippen molar-refractivity contribution < 1.29 is 9.32 Å². The molecule has 0 unspecified atom stereocenters. The van der Waals surface area contributed by atoms with Crippen LogP contribution in [0.1, 0.15) is 27.2 Å².